The first kappa shape index (κ1) is 5.72. The van der Waals surface area contributed by atoms with Crippen molar-refractivity contribution in [3.05, 3.63) is 0 Å². The van der Waals surface area contributed by atoms with Gasteiger partial charge in [0.15, 0.2) is 0 Å². The van der Waals surface area contributed by atoms with Gasteiger partial charge in [-0.15, -0.1) is 0 Å². The zero-order valence-corrected chi connectivity index (χ0v) is 6.26. The topological polar surface area (TPSA) is 20.2 Å². The summed E-state index contributed by atoms with van der Waals surface area (Å²) >= 11 is 0. The summed E-state index contributed by atoms with van der Waals surface area (Å²) in [4.78, 5) is 0. The van der Waals surface area contributed by atoms with Crippen molar-refractivity contribution in [2.75, 3.05) is 0 Å². The average molecular weight is 126 g/mol. The summed E-state index contributed by atoms with van der Waals surface area (Å²) in [5.74, 6) is 2.16. The highest BCUT2D eigenvalue weighted by Crippen LogP contribution is 2.73. The maximum absolute atomic E-state index is 9.37. The lowest BCUT2D eigenvalue weighted by atomic mass is 9.67. The third kappa shape index (κ3) is 0.362. The van der Waals surface area contributed by atoms with Crippen LogP contribution < -0.4 is 0 Å². The molecule has 2 aliphatic rings. The van der Waals surface area contributed by atoms with Crippen LogP contribution in [0.3, 0.4) is 0 Å². The Labute approximate surface area is 56.1 Å². The molecule has 0 aromatic rings. The van der Waals surface area contributed by atoms with E-state index in [2.05, 4.69) is 20.8 Å². The molecule has 2 fully saturated rings. The molecule has 5 atom stereocenters. The molecule has 0 aromatic heterocycles. The number of aliphatic hydroxyl groups is 1. The number of aliphatic hydroxyl groups excluding tert-OH is 1. The van der Waals surface area contributed by atoms with Crippen molar-refractivity contribution in [1.29, 1.82) is 0 Å². The predicted molar refractivity (Wildman–Crippen MR) is 35.9 cm³/mol. The first-order valence-electron chi connectivity index (χ1n) is 3.78. The molecule has 0 aliphatic heterocycles. The molecule has 0 aromatic carbocycles. The van der Waals surface area contributed by atoms with Crippen molar-refractivity contribution in [2.24, 2.45) is 23.2 Å². The van der Waals surface area contributed by atoms with Crippen LogP contribution in [-0.2, 0) is 0 Å². The zero-order chi connectivity index (χ0) is 6.81. The summed E-state index contributed by atoms with van der Waals surface area (Å²) < 4.78 is 0. The normalized spacial score (nSPS) is 70.7. The van der Waals surface area contributed by atoms with E-state index in [1.165, 1.54) is 0 Å². The van der Waals surface area contributed by atoms with Crippen LogP contribution in [0.4, 0.5) is 0 Å². The zero-order valence-electron chi connectivity index (χ0n) is 6.26. The maximum atomic E-state index is 9.37. The highest BCUT2D eigenvalue weighted by Gasteiger charge is 2.74. The van der Waals surface area contributed by atoms with Crippen molar-refractivity contribution in [2.45, 2.75) is 26.9 Å². The first-order valence-corrected chi connectivity index (χ1v) is 3.78. The van der Waals surface area contributed by atoms with E-state index in [0.29, 0.717) is 11.3 Å². The van der Waals surface area contributed by atoms with E-state index in [0.717, 1.165) is 11.8 Å². The van der Waals surface area contributed by atoms with Crippen molar-refractivity contribution in [3.8, 4) is 0 Å². The average Bonchev–Trinajstić information content (AvgIpc) is 2.33. The molecule has 0 spiro atoms. The minimum Gasteiger partial charge on any atom is -0.392 e. The molecular formula is C8H14O. The Morgan fingerprint density at radius 3 is 2.00 bits per heavy atom. The van der Waals surface area contributed by atoms with E-state index in [1.54, 1.807) is 0 Å². The number of fused-ring (bicyclic) bond motifs is 1. The molecule has 0 radical (unpaired) electrons. The SMILES string of the molecule is CC1C(C)C2(C)C(O)C12. The molecule has 9 heavy (non-hydrogen) atoms. The molecule has 5 unspecified atom stereocenters. The second kappa shape index (κ2) is 1.20. The molecule has 52 valence electrons. The lowest BCUT2D eigenvalue weighted by Crippen LogP contribution is -2.32. The van der Waals surface area contributed by atoms with Gasteiger partial charge in [-0.25, -0.2) is 0 Å². The molecule has 0 bridgehead atoms. The van der Waals surface area contributed by atoms with Crippen LogP contribution in [0.1, 0.15) is 20.8 Å². The standard InChI is InChI=1S/C8H14O/c1-4-5(2)8(3)6(4)7(8)9/h4-7,9H,1-3H3. The van der Waals surface area contributed by atoms with E-state index >= 15 is 0 Å². The molecule has 2 rings (SSSR count). The molecule has 1 nitrogen and oxygen atoms in total. The summed E-state index contributed by atoms with van der Waals surface area (Å²) in [5.41, 5.74) is 0.333. The molecule has 2 aliphatic carbocycles. The molecule has 0 heterocycles. The summed E-state index contributed by atoms with van der Waals surface area (Å²) in [7, 11) is 0. The summed E-state index contributed by atoms with van der Waals surface area (Å²) in [5, 5.41) is 9.37. The van der Waals surface area contributed by atoms with Crippen molar-refractivity contribution in [1.82, 2.24) is 0 Å². The Kier molecular flexibility index (Phi) is 0.760. The molecule has 2 saturated carbocycles. The minimum atomic E-state index is 0.0301. The lowest BCUT2D eigenvalue weighted by molar-refractivity contribution is 0.100. The Hall–Kier alpha value is -0.0400. The van der Waals surface area contributed by atoms with Gasteiger partial charge in [0.1, 0.15) is 0 Å². The second-order valence-electron chi connectivity index (χ2n) is 3.98. The maximum Gasteiger partial charge on any atom is 0.0637 e. The van der Waals surface area contributed by atoms with Gasteiger partial charge in [0, 0.05) is 5.41 Å². The second-order valence-corrected chi connectivity index (χ2v) is 3.98. The van der Waals surface area contributed by atoms with E-state index in [4.69, 9.17) is 0 Å². The van der Waals surface area contributed by atoms with E-state index in [1.807, 2.05) is 0 Å². The molecule has 0 saturated heterocycles. The fraction of sp³-hybridized carbons (Fsp3) is 1.00. The van der Waals surface area contributed by atoms with Crippen molar-refractivity contribution in [3.63, 3.8) is 0 Å². The molecule has 0 amide bonds. The van der Waals surface area contributed by atoms with Crippen molar-refractivity contribution < 1.29 is 5.11 Å². The van der Waals surface area contributed by atoms with E-state index in [9.17, 15) is 5.11 Å². The highest BCUT2D eigenvalue weighted by atomic mass is 16.3. The minimum absolute atomic E-state index is 0.0301. The summed E-state index contributed by atoms with van der Waals surface area (Å²) in [6.45, 7) is 6.69. The van der Waals surface area contributed by atoms with Crippen LogP contribution in [0.2, 0.25) is 0 Å². The predicted octanol–water partition coefficient (Wildman–Crippen LogP) is 1.27. The third-order valence-corrected chi connectivity index (χ3v) is 3.92. The van der Waals surface area contributed by atoms with Gasteiger partial charge < -0.3 is 5.11 Å². The first-order chi connectivity index (χ1) is 4.10. The highest BCUT2D eigenvalue weighted by molar-refractivity contribution is 5.22. The van der Waals surface area contributed by atoms with Gasteiger partial charge in [0.05, 0.1) is 6.10 Å². The molecule has 1 N–H and O–H groups in total. The quantitative estimate of drug-likeness (QED) is 0.518. The van der Waals surface area contributed by atoms with Gasteiger partial charge in [0.2, 0.25) is 0 Å². The van der Waals surface area contributed by atoms with Crippen LogP contribution >= 0.6 is 0 Å². The van der Waals surface area contributed by atoms with Crippen LogP contribution in [-0.4, -0.2) is 11.2 Å². The van der Waals surface area contributed by atoms with Crippen LogP contribution in [0.5, 0.6) is 0 Å². The number of rotatable bonds is 0. The van der Waals surface area contributed by atoms with E-state index in [-0.39, 0.29) is 6.10 Å². The lowest BCUT2D eigenvalue weighted by Gasteiger charge is -2.36. The van der Waals surface area contributed by atoms with Gasteiger partial charge in [0.25, 0.3) is 0 Å². The number of hydrogen-bond donors (Lipinski definition) is 1. The fourth-order valence-corrected chi connectivity index (χ4v) is 2.73. The van der Waals surface area contributed by atoms with E-state index < -0.39 is 0 Å². The monoisotopic (exact) mass is 126 g/mol. The Bertz CT molecular complexity index is 141. The third-order valence-electron chi connectivity index (χ3n) is 3.92. The largest absolute Gasteiger partial charge is 0.392 e. The van der Waals surface area contributed by atoms with Gasteiger partial charge in [-0.1, -0.05) is 20.8 Å². The van der Waals surface area contributed by atoms with Gasteiger partial charge in [-0.3, -0.25) is 0 Å². The van der Waals surface area contributed by atoms with Gasteiger partial charge in [-0.2, -0.15) is 0 Å². The smallest absolute Gasteiger partial charge is 0.0637 e. The Morgan fingerprint density at radius 1 is 1.33 bits per heavy atom. The summed E-state index contributed by atoms with van der Waals surface area (Å²) in [6.07, 6.45) is 0.0301. The van der Waals surface area contributed by atoms with Crippen LogP contribution in [0.15, 0.2) is 0 Å². The Morgan fingerprint density at radius 2 is 1.89 bits per heavy atom. The molecule has 1 heteroatoms. The van der Waals surface area contributed by atoms with Crippen molar-refractivity contribution >= 4 is 0 Å². The Balaban J connectivity index is 2.19. The summed E-state index contributed by atoms with van der Waals surface area (Å²) in [6, 6.07) is 0. The van der Waals surface area contributed by atoms with Crippen LogP contribution in [0, 0.1) is 23.2 Å². The number of hydrogen-bond acceptors (Lipinski definition) is 1. The molecular weight excluding hydrogens is 112 g/mol. The van der Waals surface area contributed by atoms with Crippen LogP contribution in [0.25, 0.3) is 0 Å². The van der Waals surface area contributed by atoms with Gasteiger partial charge in [-0.05, 0) is 17.8 Å². The van der Waals surface area contributed by atoms with Gasteiger partial charge >= 0.3 is 0 Å². The fourth-order valence-electron chi connectivity index (χ4n) is 2.73.